The van der Waals surface area contributed by atoms with Crippen LogP contribution >= 0.6 is 0 Å². The van der Waals surface area contributed by atoms with Crippen LogP contribution in [-0.4, -0.2) is 19.7 Å². The lowest BCUT2D eigenvalue weighted by molar-refractivity contribution is 0.638. The third kappa shape index (κ3) is 2.46. The first-order chi connectivity index (χ1) is 9.34. The topological polar surface area (TPSA) is 55.6 Å². The number of rotatable bonds is 4. The molecule has 0 radical (unpaired) electrons. The van der Waals surface area contributed by atoms with Crippen molar-refractivity contribution >= 4 is 10.8 Å². The molecule has 19 heavy (non-hydrogen) atoms. The third-order valence-electron chi connectivity index (χ3n) is 3.15. The molecular weight excluding hydrogens is 238 g/mol. The Morgan fingerprint density at radius 2 is 2.05 bits per heavy atom. The van der Waals surface area contributed by atoms with Crippen LogP contribution in [0.5, 0.6) is 0 Å². The number of benzene rings is 1. The number of aromatic nitrogens is 4. The van der Waals surface area contributed by atoms with Crippen molar-refractivity contribution < 1.29 is 0 Å². The summed E-state index contributed by atoms with van der Waals surface area (Å²) in [6.45, 7) is 1.46. The molecule has 0 saturated heterocycles. The first kappa shape index (κ1) is 11.8. The first-order valence-electron chi connectivity index (χ1n) is 6.20. The minimum atomic E-state index is 0.694. The molecule has 0 bridgehead atoms. The van der Waals surface area contributed by atoms with Crippen LogP contribution in [0.2, 0.25) is 0 Å². The number of hydrogen-bond acceptors (Lipinski definition) is 4. The van der Waals surface area contributed by atoms with Crippen LogP contribution in [0.25, 0.3) is 10.8 Å². The van der Waals surface area contributed by atoms with Gasteiger partial charge in [0, 0.05) is 31.4 Å². The maximum absolute atomic E-state index is 4.27. The third-order valence-corrected chi connectivity index (χ3v) is 3.15. The molecule has 0 aliphatic heterocycles. The van der Waals surface area contributed by atoms with E-state index in [-0.39, 0.29) is 0 Å². The predicted octanol–water partition coefficient (Wildman–Crippen LogP) is 1.65. The molecule has 0 spiro atoms. The molecular formula is C14H15N5. The molecule has 0 aliphatic rings. The summed E-state index contributed by atoms with van der Waals surface area (Å²) in [7, 11) is 1.94. The molecule has 0 fully saturated rings. The van der Waals surface area contributed by atoms with Gasteiger partial charge in [-0.25, -0.2) is 0 Å². The Bertz CT molecular complexity index is 684. The van der Waals surface area contributed by atoms with Crippen LogP contribution in [-0.2, 0) is 20.1 Å². The second-order valence-corrected chi connectivity index (χ2v) is 4.48. The maximum atomic E-state index is 4.27. The van der Waals surface area contributed by atoms with Gasteiger partial charge in [-0.3, -0.25) is 4.98 Å². The lowest BCUT2D eigenvalue weighted by Gasteiger charge is -2.07. The molecule has 0 saturated carbocycles. The molecule has 96 valence electrons. The van der Waals surface area contributed by atoms with Crippen molar-refractivity contribution in [2.75, 3.05) is 0 Å². The van der Waals surface area contributed by atoms with Gasteiger partial charge in [0.15, 0.2) is 0 Å². The fourth-order valence-electron chi connectivity index (χ4n) is 2.10. The zero-order chi connectivity index (χ0) is 13.1. The summed E-state index contributed by atoms with van der Waals surface area (Å²) in [5.41, 5.74) is 1.19. The van der Waals surface area contributed by atoms with Crippen LogP contribution in [0.15, 0.2) is 43.0 Å². The lowest BCUT2D eigenvalue weighted by atomic mass is 10.1. The molecule has 0 unspecified atom stereocenters. The summed E-state index contributed by atoms with van der Waals surface area (Å²) >= 11 is 0. The van der Waals surface area contributed by atoms with Crippen LogP contribution in [0.4, 0.5) is 0 Å². The fourth-order valence-corrected chi connectivity index (χ4v) is 2.10. The van der Waals surface area contributed by atoms with Crippen molar-refractivity contribution in [2.45, 2.75) is 13.1 Å². The zero-order valence-electron chi connectivity index (χ0n) is 10.7. The van der Waals surface area contributed by atoms with Crippen LogP contribution in [0, 0.1) is 0 Å². The van der Waals surface area contributed by atoms with Gasteiger partial charge in [-0.2, -0.15) is 0 Å². The number of nitrogens with zero attached hydrogens (tertiary/aromatic N) is 4. The Morgan fingerprint density at radius 1 is 1.16 bits per heavy atom. The molecule has 0 amide bonds. The van der Waals surface area contributed by atoms with E-state index in [0.29, 0.717) is 6.54 Å². The molecule has 0 aliphatic carbocycles. The van der Waals surface area contributed by atoms with Crippen molar-refractivity contribution in [2.24, 2.45) is 7.05 Å². The number of hydrogen-bond donors (Lipinski definition) is 1. The summed E-state index contributed by atoms with van der Waals surface area (Å²) in [5.74, 6) is 0.924. The normalized spacial score (nSPS) is 11.0. The van der Waals surface area contributed by atoms with E-state index in [4.69, 9.17) is 0 Å². The molecule has 0 atom stereocenters. The van der Waals surface area contributed by atoms with Gasteiger partial charge in [0.2, 0.25) is 0 Å². The van der Waals surface area contributed by atoms with Gasteiger partial charge in [0.1, 0.15) is 12.2 Å². The molecule has 5 heteroatoms. The second-order valence-electron chi connectivity index (χ2n) is 4.48. The van der Waals surface area contributed by atoms with Gasteiger partial charge in [-0.15, -0.1) is 10.2 Å². The van der Waals surface area contributed by atoms with Gasteiger partial charge >= 0.3 is 0 Å². The van der Waals surface area contributed by atoms with E-state index in [0.717, 1.165) is 12.4 Å². The van der Waals surface area contributed by atoms with Gasteiger partial charge in [-0.1, -0.05) is 24.3 Å². The van der Waals surface area contributed by atoms with E-state index in [9.17, 15) is 0 Å². The van der Waals surface area contributed by atoms with Gasteiger partial charge in [0.05, 0.1) is 6.54 Å². The Hall–Kier alpha value is -2.27. The highest BCUT2D eigenvalue weighted by atomic mass is 15.3. The molecule has 3 rings (SSSR count). The maximum Gasteiger partial charge on any atom is 0.146 e. The largest absolute Gasteiger partial charge is 0.320 e. The monoisotopic (exact) mass is 253 g/mol. The minimum absolute atomic E-state index is 0.694. The van der Waals surface area contributed by atoms with E-state index < -0.39 is 0 Å². The highest BCUT2D eigenvalue weighted by Crippen LogP contribution is 2.16. The van der Waals surface area contributed by atoms with E-state index in [2.05, 4.69) is 38.7 Å². The van der Waals surface area contributed by atoms with Crippen molar-refractivity contribution in [3.63, 3.8) is 0 Å². The molecule has 5 nitrogen and oxygen atoms in total. The lowest BCUT2D eigenvalue weighted by Crippen LogP contribution is -2.16. The molecule has 2 aromatic heterocycles. The second kappa shape index (κ2) is 5.16. The first-order valence-corrected chi connectivity index (χ1v) is 6.20. The summed E-state index contributed by atoms with van der Waals surface area (Å²) in [5, 5.41) is 13.7. The number of nitrogens with one attached hydrogen (secondary N) is 1. The van der Waals surface area contributed by atoms with Crippen molar-refractivity contribution in [1.82, 2.24) is 25.1 Å². The fraction of sp³-hybridized carbons (Fsp3) is 0.214. The average molecular weight is 253 g/mol. The van der Waals surface area contributed by atoms with E-state index in [1.807, 2.05) is 30.1 Å². The minimum Gasteiger partial charge on any atom is -0.320 e. The zero-order valence-corrected chi connectivity index (χ0v) is 10.7. The Labute approximate surface area is 111 Å². The SMILES string of the molecule is Cn1cnnc1CNCc1cncc2ccccc12. The highest BCUT2D eigenvalue weighted by molar-refractivity contribution is 5.84. The van der Waals surface area contributed by atoms with E-state index in [1.54, 1.807) is 6.33 Å². The summed E-state index contributed by atoms with van der Waals surface area (Å²) < 4.78 is 1.91. The standard InChI is InChI=1S/C14H15N5/c1-19-10-17-18-14(19)9-16-8-12-7-15-6-11-4-2-3-5-13(11)12/h2-7,10,16H,8-9H2,1H3. The van der Waals surface area contributed by atoms with Crippen LogP contribution < -0.4 is 5.32 Å². The summed E-state index contributed by atoms with van der Waals surface area (Å²) in [6.07, 6.45) is 5.50. The Morgan fingerprint density at radius 3 is 2.89 bits per heavy atom. The smallest absolute Gasteiger partial charge is 0.146 e. The summed E-state index contributed by atoms with van der Waals surface area (Å²) in [4.78, 5) is 4.27. The Kier molecular flexibility index (Phi) is 3.20. The van der Waals surface area contributed by atoms with Crippen molar-refractivity contribution in [3.05, 3.63) is 54.4 Å². The van der Waals surface area contributed by atoms with Gasteiger partial charge < -0.3 is 9.88 Å². The molecule has 1 N–H and O–H groups in total. The number of pyridine rings is 1. The average Bonchev–Trinajstić information content (AvgIpc) is 2.85. The highest BCUT2D eigenvalue weighted by Gasteiger charge is 2.03. The predicted molar refractivity (Wildman–Crippen MR) is 73.3 cm³/mol. The van der Waals surface area contributed by atoms with Crippen molar-refractivity contribution in [3.8, 4) is 0 Å². The van der Waals surface area contributed by atoms with E-state index >= 15 is 0 Å². The van der Waals surface area contributed by atoms with Gasteiger partial charge in [-0.05, 0) is 10.9 Å². The molecule has 2 heterocycles. The molecule has 1 aromatic carbocycles. The molecule has 3 aromatic rings. The van der Waals surface area contributed by atoms with Crippen molar-refractivity contribution in [1.29, 1.82) is 0 Å². The number of fused-ring (bicyclic) bond motifs is 1. The Balaban J connectivity index is 1.74. The van der Waals surface area contributed by atoms with Crippen LogP contribution in [0.1, 0.15) is 11.4 Å². The number of aryl methyl sites for hydroxylation is 1. The summed E-state index contributed by atoms with van der Waals surface area (Å²) in [6, 6.07) is 8.28. The van der Waals surface area contributed by atoms with Gasteiger partial charge in [0.25, 0.3) is 0 Å². The van der Waals surface area contributed by atoms with Crippen LogP contribution in [0.3, 0.4) is 0 Å². The quantitative estimate of drug-likeness (QED) is 0.768. The van der Waals surface area contributed by atoms with E-state index in [1.165, 1.54) is 16.3 Å².